The van der Waals surface area contributed by atoms with Crippen LogP contribution in [-0.2, 0) is 17.8 Å². The van der Waals surface area contributed by atoms with Crippen molar-refractivity contribution >= 4 is 0 Å². The van der Waals surface area contributed by atoms with Gasteiger partial charge in [-0.15, -0.1) is 0 Å². The largest absolute Gasteiger partial charge is 0.383 e. The third kappa shape index (κ3) is 3.74. The van der Waals surface area contributed by atoms with Crippen molar-refractivity contribution in [3.8, 4) is 11.3 Å². The predicted octanol–water partition coefficient (Wildman–Crippen LogP) is 1.42. The van der Waals surface area contributed by atoms with Gasteiger partial charge in [0.15, 0.2) is 0 Å². The van der Waals surface area contributed by atoms with Gasteiger partial charge in [-0.05, 0) is 37.4 Å². The van der Waals surface area contributed by atoms with Crippen molar-refractivity contribution in [3.63, 3.8) is 0 Å². The first kappa shape index (κ1) is 15.3. The third-order valence-electron chi connectivity index (χ3n) is 3.06. The summed E-state index contributed by atoms with van der Waals surface area (Å²) in [6, 6.07) is 7.77. The van der Waals surface area contributed by atoms with Crippen molar-refractivity contribution in [2.24, 2.45) is 0 Å². The number of nitrogens with one attached hydrogen (secondary N) is 1. The molecule has 2 aromatic rings. The number of aromatic nitrogens is 2. The molecular weight excluding hydrogens is 273 g/mol. The molecule has 0 atom stereocenters. The smallest absolute Gasteiger partial charge is 0.271 e. The highest BCUT2D eigenvalue weighted by atomic mass is 19.1. The van der Waals surface area contributed by atoms with Crippen LogP contribution in [0.3, 0.4) is 0 Å². The van der Waals surface area contributed by atoms with E-state index in [0.29, 0.717) is 31.0 Å². The van der Waals surface area contributed by atoms with E-state index in [4.69, 9.17) is 4.74 Å². The van der Waals surface area contributed by atoms with Gasteiger partial charge < -0.3 is 10.1 Å². The maximum absolute atomic E-state index is 13.0. The first-order valence-corrected chi connectivity index (χ1v) is 6.66. The molecular formula is C15H18FN3O2. The van der Waals surface area contributed by atoms with Crippen LogP contribution < -0.4 is 10.9 Å². The van der Waals surface area contributed by atoms with Crippen LogP contribution >= 0.6 is 0 Å². The second-order valence-corrected chi connectivity index (χ2v) is 4.61. The third-order valence-corrected chi connectivity index (χ3v) is 3.06. The van der Waals surface area contributed by atoms with E-state index in [0.717, 1.165) is 5.56 Å². The van der Waals surface area contributed by atoms with Gasteiger partial charge >= 0.3 is 0 Å². The van der Waals surface area contributed by atoms with E-state index < -0.39 is 0 Å². The van der Waals surface area contributed by atoms with Crippen molar-refractivity contribution in [1.29, 1.82) is 0 Å². The highest BCUT2D eigenvalue weighted by Gasteiger charge is 2.09. The Hall–Kier alpha value is -2.05. The molecule has 1 heterocycles. The molecule has 0 unspecified atom stereocenters. The fourth-order valence-corrected chi connectivity index (χ4v) is 2.00. The number of benzene rings is 1. The molecule has 0 bridgehead atoms. The maximum Gasteiger partial charge on any atom is 0.271 e. The van der Waals surface area contributed by atoms with E-state index in [9.17, 15) is 9.18 Å². The lowest BCUT2D eigenvalue weighted by Gasteiger charge is -2.10. The number of ether oxygens (including phenoxy) is 1. The zero-order valence-electron chi connectivity index (χ0n) is 12.1. The summed E-state index contributed by atoms with van der Waals surface area (Å²) in [7, 11) is 3.35. The molecule has 0 aliphatic rings. The fourth-order valence-electron chi connectivity index (χ4n) is 2.00. The average molecular weight is 291 g/mol. The van der Waals surface area contributed by atoms with Crippen LogP contribution in [0.25, 0.3) is 11.3 Å². The zero-order chi connectivity index (χ0) is 15.2. The number of nitrogens with zero attached hydrogens (tertiary/aromatic N) is 2. The highest BCUT2D eigenvalue weighted by Crippen LogP contribution is 2.17. The number of halogens is 1. The van der Waals surface area contributed by atoms with Gasteiger partial charge in [0.1, 0.15) is 5.82 Å². The molecule has 0 saturated heterocycles. The van der Waals surface area contributed by atoms with Gasteiger partial charge in [-0.2, -0.15) is 5.10 Å². The van der Waals surface area contributed by atoms with Crippen molar-refractivity contribution in [3.05, 3.63) is 52.1 Å². The Morgan fingerprint density at radius 2 is 2.05 bits per heavy atom. The molecule has 1 aromatic heterocycles. The lowest BCUT2D eigenvalue weighted by molar-refractivity contribution is 0.182. The molecule has 112 valence electrons. The summed E-state index contributed by atoms with van der Waals surface area (Å²) in [4.78, 5) is 12.2. The number of rotatable bonds is 6. The normalized spacial score (nSPS) is 10.8. The zero-order valence-corrected chi connectivity index (χ0v) is 12.1. The Labute approximate surface area is 122 Å². The average Bonchev–Trinajstić information content (AvgIpc) is 2.49. The number of hydrogen-bond donors (Lipinski definition) is 1. The van der Waals surface area contributed by atoms with E-state index in [2.05, 4.69) is 10.4 Å². The van der Waals surface area contributed by atoms with Crippen LogP contribution in [0.2, 0.25) is 0 Å². The maximum atomic E-state index is 13.0. The molecule has 0 saturated carbocycles. The van der Waals surface area contributed by atoms with Crippen LogP contribution in [0.5, 0.6) is 0 Å². The van der Waals surface area contributed by atoms with E-state index in [-0.39, 0.29) is 11.4 Å². The minimum atomic E-state index is -0.304. The lowest BCUT2D eigenvalue weighted by atomic mass is 10.1. The van der Waals surface area contributed by atoms with Crippen LogP contribution in [0, 0.1) is 5.82 Å². The SMILES string of the molecule is CNCc1cc(-c2ccc(F)cc2)nn(CCOC)c1=O. The summed E-state index contributed by atoms with van der Waals surface area (Å²) in [6.07, 6.45) is 0. The summed E-state index contributed by atoms with van der Waals surface area (Å²) in [6.45, 7) is 1.22. The molecule has 1 N–H and O–H groups in total. The van der Waals surface area contributed by atoms with E-state index in [1.165, 1.54) is 16.8 Å². The van der Waals surface area contributed by atoms with Gasteiger partial charge in [0.2, 0.25) is 0 Å². The molecule has 21 heavy (non-hydrogen) atoms. The van der Waals surface area contributed by atoms with Crippen LogP contribution in [0.1, 0.15) is 5.56 Å². The predicted molar refractivity (Wildman–Crippen MR) is 78.5 cm³/mol. The summed E-state index contributed by atoms with van der Waals surface area (Å²) in [5, 5.41) is 7.29. The van der Waals surface area contributed by atoms with E-state index in [1.807, 2.05) is 0 Å². The number of hydrogen-bond acceptors (Lipinski definition) is 4. The Balaban J connectivity index is 2.47. The molecule has 2 rings (SSSR count). The van der Waals surface area contributed by atoms with Crippen LogP contribution in [0.15, 0.2) is 35.1 Å². The van der Waals surface area contributed by atoms with Crippen LogP contribution in [-0.4, -0.2) is 30.5 Å². The Morgan fingerprint density at radius 3 is 2.67 bits per heavy atom. The number of methoxy groups -OCH3 is 1. The molecule has 0 radical (unpaired) electrons. The molecule has 5 nitrogen and oxygen atoms in total. The van der Waals surface area contributed by atoms with Gasteiger partial charge in [0, 0.05) is 24.8 Å². The molecule has 6 heteroatoms. The van der Waals surface area contributed by atoms with E-state index >= 15 is 0 Å². The second-order valence-electron chi connectivity index (χ2n) is 4.61. The molecule has 0 spiro atoms. The Morgan fingerprint density at radius 1 is 1.33 bits per heavy atom. The fraction of sp³-hybridized carbons (Fsp3) is 0.333. The van der Waals surface area contributed by atoms with Crippen molar-refractivity contribution in [2.75, 3.05) is 20.8 Å². The first-order chi connectivity index (χ1) is 10.2. The van der Waals surface area contributed by atoms with Gasteiger partial charge in [0.25, 0.3) is 5.56 Å². The summed E-state index contributed by atoms with van der Waals surface area (Å²) in [5.74, 6) is -0.304. The summed E-state index contributed by atoms with van der Waals surface area (Å²) >= 11 is 0. The van der Waals surface area contributed by atoms with Crippen molar-refractivity contribution in [1.82, 2.24) is 15.1 Å². The molecule has 0 aliphatic carbocycles. The van der Waals surface area contributed by atoms with Crippen LogP contribution in [0.4, 0.5) is 4.39 Å². The van der Waals surface area contributed by atoms with Gasteiger partial charge in [-0.1, -0.05) is 0 Å². The van der Waals surface area contributed by atoms with Gasteiger partial charge in [0.05, 0.1) is 18.8 Å². The van der Waals surface area contributed by atoms with Crippen molar-refractivity contribution < 1.29 is 9.13 Å². The van der Waals surface area contributed by atoms with Crippen molar-refractivity contribution in [2.45, 2.75) is 13.1 Å². The Kier molecular flexibility index (Phi) is 5.19. The lowest BCUT2D eigenvalue weighted by Crippen LogP contribution is -2.30. The first-order valence-electron chi connectivity index (χ1n) is 6.66. The Bertz CT molecular complexity index is 653. The monoisotopic (exact) mass is 291 g/mol. The van der Waals surface area contributed by atoms with Gasteiger partial charge in [-0.25, -0.2) is 9.07 Å². The summed E-state index contributed by atoms with van der Waals surface area (Å²) < 4.78 is 19.4. The standard InChI is InChI=1S/C15H18FN3O2/c1-17-10-12-9-14(11-3-5-13(16)6-4-11)18-19(15(12)20)7-8-21-2/h3-6,9,17H,7-8,10H2,1-2H3. The van der Waals surface area contributed by atoms with Gasteiger partial charge in [-0.3, -0.25) is 4.79 Å². The second kappa shape index (κ2) is 7.10. The molecule has 0 aliphatic heterocycles. The summed E-state index contributed by atoms with van der Waals surface area (Å²) in [5.41, 5.74) is 1.87. The minimum Gasteiger partial charge on any atom is -0.383 e. The molecule has 0 amide bonds. The molecule has 1 aromatic carbocycles. The highest BCUT2D eigenvalue weighted by molar-refractivity contribution is 5.58. The van der Waals surface area contributed by atoms with E-state index in [1.54, 1.807) is 32.4 Å². The minimum absolute atomic E-state index is 0.146. The topological polar surface area (TPSA) is 56.1 Å². The molecule has 0 fully saturated rings. The quantitative estimate of drug-likeness (QED) is 0.874.